The minimum absolute atomic E-state index is 0.198. The van der Waals surface area contributed by atoms with Crippen molar-refractivity contribution in [1.82, 2.24) is 5.32 Å². The predicted molar refractivity (Wildman–Crippen MR) is 87.1 cm³/mol. The van der Waals surface area contributed by atoms with E-state index in [0.29, 0.717) is 18.1 Å². The Balaban J connectivity index is 1.93. The van der Waals surface area contributed by atoms with E-state index >= 15 is 0 Å². The van der Waals surface area contributed by atoms with Gasteiger partial charge < -0.3 is 15.5 Å². The maximum Gasteiger partial charge on any atom is 0.227 e. The summed E-state index contributed by atoms with van der Waals surface area (Å²) in [5.41, 5.74) is 2.87. The summed E-state index contributed by atoms with van der Waals surface area (Å²) in [6.45, 7) is 7.22. The summed E-state index contributed by atoms with van der Waals surface area (Å²) in [6.07, 6.45) is 1.59. The maximum absolute atomic E-state index is 11.7. The van der Waals surface area contributed by atoms with Crippen LogP contribution in [-0.4, -0.2) is 24.1 Å². The molecule has 20 heavy (non-hydrogen) atoms. The van der Waals surface area contributed by atoms with E-state index in [4.69, 9.17) is 12.2 Å². The van der Waals surface area contributed by atoms with Gasteiger partial charge in [0, 0.05) is 30.9 Å². The minimum Gasteiger partial charge on any atom is -0.359 e. The number of carbonyl (C=O) groups excluding carboxylic acids is 1. The third kappa shape index (κ3) is 3.81. The van der Waals surface area contributed by atoms with Crippen LogP contribution < -0.4 is 15.5 Å². The molecule has 2 rings (SSSR count). The van der Waals surface area contributed by atoms with Gasteiger partial charge in [-0.2, -0.15) is 0 Å². The van der Waals surface area contributed by atoms with Gasteiger partial charge in [0.2, 0.25) is 5.91 Å². The first-order valence-electron chi connectivity index (χ1n) is 6.66. The highest BCUT2D eigenvalue weighted by Crippen LogP contribution is 2.22. The van der Waals surface area contributed by atoms with E-state index in [1.165, 1.54) is 0 Å². The summed E-state index contributed by atoms with van der Waals surface area (Å²) in [5.74, 6) is 0.198. The summed E-state index contributed by atoms with van der Waals surface area (Å²) < 4.78 is 0. The third-order valence-electron chi connectivity index (χ3n) is 3.06. The Morgan fingerprint density at radius 1 is 1.40 bits per heavy atom. The van der Waals surface area contributed by atoms with Gasteiger partial charge in [-0.1, -0.05) is 12.2 Å². The summed E-state index contributed by atoms with van der Waals surface area (Å²) in [5, 5.41) is 6.73. The molecule has 4 nitrogen and oxygen atoms in total. The predicted octanol–water partition coefficient (Wildman–Crippen LogP) is 2.68. The highest BCUT2D eigenvalue weighted by Gasteiger charge is 2.21. The Bertz CT molecular complexity index is 524. The number of thiocarbonyl (C=S) groups is 1. The summed E-state index contributed by atoms with van der Waals surface area (Å²) in [7, 11) is 0. The maximum atomic E-state index is 11.7. The normalized spacial score (nSPS) is 14.2. The molecule has 0 unspecified atom stereocenters. The van der Waals surface area contributed by atoms with E-state index in [1.54, 1.807) is 0 Å². The molecule has 0 radical (unpaired) electrons. The molecule has 1 aromatic carbocycles. The van der Waals surface area contributed by atoms with Gasteiger partial charge in [0.25, 0.3) is 0 Å². The molecular formula is C15H19N3OS. The fourth-order valence-electron chi connectivity index (χ4n) is 2.05. The molecule has 1 aromatic rings. The fourth-order valence-corrected chi connectivity index (χ4v) is 2.24. The lowest BCUT2D eigenvalue weighted by atomic mass is 10.2. The fraction of sp³-hybridized carbons (Fsp3) is 0.333. The number of anilines is 2. The SMILES string of the molecule is C=C(C)CNC(=S)Nc1ccc(N2CCCC2=O)cc1. The zero-order chi connectivity index (χ0) is 14.5. The molecule has 1 amide bonds. The van der Waals surface area contributed by atoms with E-state index in [-0.39, 0.29) is 5.91 Å². The Kier molecular flexibility index (Phi) is 4.74. The van der Waals surface area contributed by atoms with Crippen molar-refractivity contribution < 1.29 is 4.79 Å². The van der Waals surface area contributed by atoms with Gasteiger partial charge in [0.15, 0.2) is 5.11 Å². The highest BCUT2D eigenvalue weighted by atomic mass is 32.1. The van der Waals surface area contributed by atoms with Crippen molar-refractivity contribution in [2.45, 2.75) is 19.8 Å². The van der Waals surface area contributed by atoms with Gasteiger partial charge in [0.05, 0.1) is 0 Å². The number of nitrogens with one attached hydrogen (secondary N) is 2. The molecule has 5 heteroatoms. The van der Waals surface area contributed by atoms with Crippen LogP contribution in [0.3, 0.4) is 0 Å². The Hall–Kier alpha value is -1.88. The summed E-state index contributed by atoms with van der Waals surface area (Å²) >= 11 is 5.19. The second-order valence-corrected chi connectivity index (χ2v) is 5.37. The van der Waals surface area contributed by atoms with Crippen molar-refractivity contribution in [3.05, 3.63) is 36.4 Å². The number of hydrogen-bond donors (Lipinski definition) is 2. The van der Waals surface area contributed by atoms with Crippen LogP contribution in [0.25, 0.3) is 0 Å². The first-order valence-corrected chi connectivity index (χ1v) is 7.07. The van der Waals surface area contributed by atoms with Crippen LogP contribution in [0.1, 0.15) is 19.8 Å². The van der Waals surface area contributed by atoms with Crippen LogP contribution in [0, 0.1) is 0 Å². The molecule has 0 spiro atoms. The summed E-state index contributed by atoms with van der Waals surface area (Å²) in [6, 6.07) is 7.73. The first kappa shape index (κ1) is 14.5. The number of nitrogens with zero attached hydrogens (tertiary/aromatic N) is 1. The molecule has 1 saturated heterocycles. The number of carbonyl (C=O) groups is 1. The van der Waals surface area contributed by atoms with E-state index in [1.807, 2.05) is 36.1 Å². The third-order valence-corrected chi connectivity index (χ3v) is 3.31. The van der Waals surface area contributed by atoms with Crippen LogP contribution >= 0.6 is 12.2 Å². The molecule has 1 fully saturated rings. The van der Waals surface area contributed by atoms with Gasteiger partial charge >= 0.3 is 0 Å². The van der Waals surface area contributed by atoms with E-state index in [2.05, 4.69) is 17.2 Å². The molecule has 0 bridgehead atoms. The van der Waals surface area contributed by atoms with Crippen molar-refractivity contribution in [3.63, 3.8) is 0 Å². The zero-order valence-corrected chi connectivity index (χ0v) is 12.4. The minimum atomic E-state index is 0.198. The molecule has 0 saturated carbocycles. The molecule has 0 aromatic heterocycles. The molecule has 0 atom stereocenters. The molecule has 1 aliphatic heterocycles. The average Bonchev–Trinajstić information content (AvgIpc) is 2.84. The standard InChI is InChI=1S/C15H19N3OS/c1-11(2)10-16-15(20)17-12-5-7-13(8-6-12)18-9-3-4-14(18)19/h5-8H,1,3-4,9-10H2,2H3,(H2,16,17,20). The van der Waals surface area contributed by atoms with E-state index in [9.17, 15) is 4.79 Å². The van der Waals surface area contributed by atoms with Gasteiger partial charge in [-0.05, 0) is 49.8 Å². The van der Waals surface area contributed by atoms with Gasteiger partial charge in [0.1, 0.15) is 0 Å². The zero-order valence-electron chi connectivity index (χ0n) is 11.6. The van der Waals surface area contributed by atoms with Crippen molar-refractivity contribution in [2.75, 3.05) is 23.3 Å². The highest BCUT2D eigenvalue weighted by molar-refractivity contribution is 7.80. The second-order valence-electron chi connectivity index (χ2n) is 4.96. The quantitative estimate of drug-likeness (QED) is 0.661. The van der Waals surface area contributed by atoms with Crippen molar-refractivity contribution in [2.24, 2.45) is 0 Å². The van der Waals surface area contributed by atoms with Crippen LogP contribution in [0.4, 0.5) is 11.4 Å². The second kappa shape index (κ2) is 6.52. The van der Waals surface area contributed by atoms with Crippen molar-refractivity contribution in [1.29, 1.82) is 0 Å². The van der Waals surface area contributed by atoms with Crippen molar-refractivity contribution in [3.8, 4) is 0 Å². The van der Waals surface area contributed by atoms with E-state index in [0.717, 1.165) is 29.9 Å². The Labute approximate surface area is 124 Å². The largest absolute Gasteiger partial charge is 0.359 e. The van der Waals surface area contributed by atoms with Crippen LogP contribution in [0.2, 0.25) is 0 Å². The molecule has 1 heterocycles. The molecule has 0 aliphatic carbocycles. The van der Waals surface area contributed by atoms with Crippen LogP contribution in [0.5, 0.6) is 0 Å². The van der Waals surface area contributed by atoms with E-state index < -0.39 is 0 Å². The lowest BCUT2D eigenvalue weighted by molar-refractivity contribution is -0.117. The van der Waals surface area contributed by atoms with Gasteiger partial charge in [-0.25, -0.2) is 0 Å². The molecular weight excluding hydrogens is 270 g/mol. The van der Waals surface area contributed by atoms with Gasteiger partial charge in [-0.3, -0.25) is 4.79 Å². The monoisotopic (exact) mass is 289 g/mol. The lowest BCUT2D eigenvalue weighted by Crippen LogP contribution is -2.29. The number of benzene rings is 1. The topological polar surface area (TPSA) is 44.4 Å². The van der Waals surface area contributed by atoms with Crippen molar-refractivity contribution >= 4 is 34.6 Å². The Morgan fingerprint density at radius 2 is 2.10 bits per heavy atom. The van der Waals surface area contributed by atoms with Gasteiger partial charge in [-0.15, -0.1) is 0 Å². The number of hydrogen-bond acceptors (Lipinski definition) is 2. The number of rotatable bonds is 4. The average molecular weight is 289 g/mol. The van der Waals surface area contributed by atoms with Crippen LogP contribution in [0.15, 0.2) is 36.4 Å². The van der Waals surface area contributed by atoms with Crippen LogP contribution in [-0.2, 0) is 4.79 Å². The molecule has 2 N–H and O–H groups in total. The smallest absolute Gasteiger partial charge is 0.227 e. The molecule has 106 valence electrons. The first-order chi connectivity index (χ1) is 9.56. The summed E-state index contributed by atoms with van der Waals surface area (Å²) in [4.78, 5) is 13.5. The number of amides is 1. The lowest BCUT2D eigenvalue weighted by Gasteiger charge is -2.16. The Morgan fingerprint density at radius 3 is 2.65 bits per heavy atom. The molecule has 1 aliphatic rings.